The first-order chi connectivity index (χ1) is 8.66. The second-order valence-electron chi connectivity index (χ2n) is 4.72. The number of anilines is 1. The normalized spacial score (nSPS) is 24.5. The molecule has 0 aliphatic carbocycles. The second-order valence-corrected chi connectivity index (χ2v) is 6.42. The van der Waals surface area contributed by atoms with E-state index in [4.69, 9.17) is 5.73 Å². The van der Waals surface area contributed by atoms with E-state index in [2.05, 4.69) is 9.97 Å². The molecule has 0 atom stereocenters. The molecular formula is C12H16N4OS. The molecule has 5 nitrogen and oxygen atoms in total. The van der Waals surface area contributed by atoms with Crippen molar-refractivity contribution < 1.29 is 4.21 Å². The summed E-state index contributed by atoms with van der Waals surface area (Å²) >= 11 is 0. The van der Waals surface area contributed by atoms with E-state index in [1.165, 1.54) is 0 Å². The van der Waals surface area contributed by atoms with Crippen LogP contribution in [0.3, 0.4) is 0 Å². The van der Waals surface area contributed by atoms with E-state index in [0.717, 1.165) is 41.1 Å². The van der Waals surface area contributed by atoms with Gasteiger partial charge in [0.15, 0.2) is 5.65 Å². The SMILES string of the molecule is Cc1ccnc2c1nc(N)n2C1CCS(=O)CC1. The third-order valence-electron chi connectivity index (χ3n) is 3.53. The van der Waals surface area contributed by atoms with Gasteiger partial charge in [-0.3, -0.25) is 8.78 Å². The van der Waals surface area contributed by atoms with Crippen LogP contribution in [0.5, 0.6) is 0 Å². The fraction of sp³-hybridized carbons (Fsp3) is 0.500. The maximum absolute atomic E-state index is 11.4. The topological polar surface area (TPSA) is 73.8 Å². The van der Waals surface area contributed by atoms with Crippen molar-refractivity contribution in [2.75, 3.05) is 17.2 Å². The number of aryl methyl sites for hydroxylation is 1. The zero-order chi connectivity index (χ0) is 12.7. The molecule has 0 bridgehead atoms. The number of fused-ring (bicyclic) bond motifs is 1. The lowest BCUT2D eigenvalue weighted by molar-refractivity contribution is 0.476. The first kappa shape index (κ1) is 11.6. The summed E-state index contributed by atoms with van der Waals surface area (Å²) in [5, 5.41) is 0. The molecule has 0 saturated carbocycles. The van der Waals surface area contributed by atoms with Gasteiger partial charge in [0.05, 0.1) is 0 Å². The average Bonchev–Trinajstić information content (AvgIpc) is 2.69. The standard InChI is InChI=1S/C12H16N4OS/c1-8-2-5-14-11-10(8)15-12(13)16(11)9-3-6-18(17)7-4-9/h2,5,9H,3-4,6-7H2,1H3,(H2,13,15). The van der Waals surface area contributed by atoms with E-state index < -0.39 is 10.8 Å². The molecule has 0 radical (unpaired) electrons. The lowest BCUT2D eigenvalue weighted by Crippen LogP contribution is -2.22. The molecule has 3 heterocycles. The maximum atomic E-state index is 11.4. The van der Waals surface area contributed by atoms with Crippen LogP contribution in [0.2, 0.25) is 0 Å². The Kier molecular flexibility index (Phi) is 2.81. The zero-order valence-electron chi connectivity index (χ0n) is 10.3. The predicted molar refractivity (Wildman–Crippen MR) is 72.8 cm³/mol. The fourth-order valence-corrected chi connectivity index (χ4v) is 3.80. The van der Waals surface area contributed by atoms with Crippen LogP contribution >= 0.6 is 0 Å². The minimum absolute atomic E-state index is 0.280. The number of rotatable bonds is 1. The lowest BCUT2D eigenvalue weighted by atomic mass is 10.1. The van der Waals surface area contributed by atoms with E-state index in [1.54, 1.807) is 6.20 Å². The summed E-state index contributed by atoms with van der Waals surface area (Å²) in [6.07, 6.45) is 3.56. The average molecular weight is 264 g/mol. The molecular weight excluding hydrogens is 248 g/mol. The van der Waals surface area contributed by atoms with Crippen LogP contribution in [-0.4, -0.2) is 30.2 Å². The molecule has 1 aliphatic rings. The predicted octanol–water partition coefficient (Wildman–Crippen LogP) is 1.41. The first-order valence-electron chi connectivity index (χ1n) is 6.11. The highest BCUT2D eigenvalue weighted by molar-refractivity contribution is 7.85. The third kappa shape index (κ3) is 1.80. The molecule has 96 valence electrons. The van der Waals surface area contributed by atoms with Gasteiger partial charge in [-0.1, -0.05) is 0 Å². The van der Waals surface area contributed by atoms with E-state index in [-0.39, 0.29) is 6.04 Å². The number of pyridine rings is 1. The molecule has 1 saturated heterocycles. The molecule has 3 rings (SSSR count). The van der Waals surface area contributed by atoms with Crippen molar-refractivity contribution in [2.45, 2.75) is 25.8 Å². The van der Waals surface area contributed by atoms with E-state index in [1.807, 2.05) is 17.6 Å². The Hall–Kier alpha value is -1.43. The number of nitrogen functional groups attached to an aromatic ring is 1. The van der Waals surface area contributed by atoms with Crippen LogP contribution in [0.15, 0.2) is 12.3 Å². The molecule has 2 aromatic rings. The Labute approximate surface area is 108 Å². The second kappa shape index (κ2) is 4.35. The highest BCUT2D eigenvalue weighted by Crippen LogP contribution is 2.29. The van der Waals surface area contributed by atoms with Gasteiger partial charge >= 0.3 is 0 Å². The Balaban J connectivity index is 2.08. The molecule has 2 N–H and O–H groups in total. The van der Waals surface area contributed by atoms with Crippen LogP contribution in [0.4, 0.5) is 5.95 Å². The van der Waals surface area contributed by atoms with Gasteiger partial charge in [0.25, 0.3) is 0 Å². The maximum Gasteiger partial charge on any atom is 0.202 e. The summed E-state index contributed by atoms with van der Waals surface area (Å²) < 4.78 is 13.4. The quantitative estimate of drug-likeness (QED) is 0.845. The molecule has 18 heavy (non-hydrogen) atoms. The smallest absolute Gasteiger partial charge is 0.202 e. The van der Waals surface area contributed by atoms with Gasteiger partial charge in [0, 0.05) is 34.5 Å². The van der Waals surface area contributed by atoms with Gasteiger partial charge in [-0.05, 0) is 31.4 Å². The summed E-state index contributed by atoms with van der Waals surface area (Å²) in [6.45, 7) is 2.01. The number of aromatic nitrogens is 3. The summed E-state index contributed by atoms with van der Waals surface area (Å²) in [5.41, 5.74) is 8.84. The third-order valence-corrected chi connectivity index (χ3v) is 4.91. The van der Waals surface area contributed by atoms with Crippen molar-refractivity contribution in [1.29, 1.82) is 0 Å². The molecule has 1 fully saturated rings. The number of hydrogen-bond acceptors (Lipinski definition) is 4. The van der Waals surface area contributed by atoms with Crippen molar-refractivity contribution in [3.63, 3.8) is 0 Å². The number of nitrogens with zero attached hydrogens (tertiary/aromatic N) is 3. The van der Waals surface area contributed by atoms with E-state index in [9.17, 15) is 4.21 Å². The van der Waals surface area contributed by atoms with Crippen LogP contribution in [0.25, 0.3) is 11.2 Å². The van der Waals surface area contributed by atoms with Gasteiger partial charge in [-0.25, -0.2) is 9.97 Å². The molecule has 2 aromatic heterocycles. The Morgan fingerprint density at radius 3 is 2.89 bits per heavy atom. The molecule has 0 amide bonds. The summed E-state index contributed by atoms with van der Waals surface area (Å²) in [4.78, 5) is 8.81. The number of imidazole rings is 1. The van der Waals surface area contributed by atoms with E-state index >= 15 is 0 Å². The van der Waals surface area contributed by atoms with Gasteiger partial charge < -0.3 is 5.73 Å². The van der Waals surface area contributed by atoms with Gasteiger partial charge in [0.1, 0.15) is 5.52 Å². The van der Waals surface area contributed by atoms with Gasteiger partial charge in [-0.15, -0.1) is 0 Å². The summed E-state index contributed by atoms with van der Waals surface area (Å²) in [6, 6.07) is 2.22. The van der Waals surface area contributed by atoms with E-state index in [0.29, 0.717) is 5.95 Å². The van der Waals surface area contributed by atoms with Crippen molar-refractivity contribution in [3.8, 4) is 0 Å². The number of hydrogen-bond donors (Lipinski definition) is 1. The highest BCUT2D eigenvalue weighted by Gasteiger charge is 2.23. The fourth-order valence-electron chi connectivity index (χ4n) is 2.53. The van der Waals surface area contributed by atoms with Crippen molar-refractivity contribution in [3.05, 3.63) is 17.8 Å². The largest absolute Gasteiger partial charge is 0.369 e. The van der Waals surface area contributed by atoms with Crippen LogP contribution in [-0.2, 0) is 10.8 Å². The van der Waals surface area contributed by atoms with Crippen molar-refractivity contribution >= 4 is 27.9 Å². The monoisotopic (exact) mass is 264 g/mol. The minimum Gasteiger partial charge on any atom is -0.369 e. The lowest BCUT2D eigenvalue weighted by Gasteiger charge is -2.23. The Morgan fingerprint density at radius 1 is 1.44 bits per heavy atom. The molecule has 0 spiro atoms. The summed E-state index contributed by atoms with van der Waals surface area (Å²) in [7, 11) is -0.662. The molecule has 6 heteroatoms. The van der Waals surface area contributed by atoms with Crippen LogP contribution in [0.1, 0.15) is 24.4 Å². The zero-order valence-corrected chi connectivity index (χ0v) is 11.1. The Bertz CT molecular complexity index is 612. The van der Waals surface area contributed by atoms with Crippen LogP contribution < -0.4 is 5.73 Å². The number of nitrogens with two attached hydrogens (primary N) is 1. The van der Waals surface area contributed by atoms with Crippen molar-refractivity contribution in [1.82, 2.24) is 14.5 Å². The van der Waals surface area contributed by atoms with Crippen molar-refractivity contribution in [2.24, 2.45) is 0 Å². The first-order valence-corrected chi connectivity index (χ1v) is 7.59. The minimum atomic E-state index is -0.662. The highest BCUT2D eigenvalue weighted by atomic mass is 32.2. The molecule has 1 aliphatic heterocycles. The Morgan fingerprint density at radius 2 is 2.17 bits per heavy atom. The van der Waals surface area contributed by atoms with Crippen LogP contribution in [0, 0.1) is 6.92 Å². The van der Waals surface area contributed by atoms with Gasteiger partial charge in [-0.2, -0.15) is 0 Å². The molecule has 0 aromatic carbocycles. The van der Waals surface area contributed by atoms with Gasteiger partial charge in [0.2, 0.25) is 5.95 Å². The molecule has 0 unspecified atom stereocenters. The summed E-state index contributed by atoms with van der Waals surface area (Å²) in [5.74, 6) is 2.01.